The Hall–Kier alpha value is -9.78. The van der Waals surface area contributed by atoms with E-state index in [9.17, 15) is 139 Å². The average Bonchev–Trinajstić information content (AvgIpc) is 0.750. The molecule has 0 radical (unpaired) electrons. The number of nitrogens with zero attached hydrogens (tertiary/aromatic N) is 10. The molecule has 0 bridgehead atoms. The fourth-order valence-electron chi connectivity index (χ4n) is 8.38. The molecule has 0 aliphatic carbocycles. The summed E-state index contributed by atoms with van der Waals surface area (Å²) in [4.78, 5) is 8.11. The molecule has 0 atom stereocenters. The van der Waals surface area contributed by atoms with Gasteiger partial charge in [0.15, 0.2) is 17.2 Å². The van der Waals surface area contributed by atoms with Gasteiger partial charge in [0.1, 0.15) is 84.7 Å². The maximum absolute atomic E-state index is 13.1. The summed E-state index contributed by atoms with van der Waals surface area (Å²) in [6.07, 6.45) is 0. The van der Waals surface area contributed by atoms with Gasteiger partial charge in [0.2, 0.25) is 0 Å². The van der Waals surface area contributed by atoms with Gasteiger partial charge in [0, 0.05) is 51.2 Å². The molecule has 0 aliphatic rings. The zero-order chi connectivity index (χ0) is 68.9. The van der Waals surface area contributed by atoms with Gasteiger partial charge in [-0.15, -0.1) is 40.9 Å². The highest BCUT2D eigenvalue weighted by atomic mass is 32.2. The Morgan fingerprint density at radius 1 is 0.315 bits per heavy atom. The van der Waals surface area contributed by atoms with Crippen molar-refractivity contribution in [3.8, 4) is 17.2 Å². The molecule has 484 valence electrons. The number of nitrogen functional groups attached to an aromatic ring is 1. The third-order valence-corrected chi connectivity index (χ3v) is 19.3. The minimum absolute atomic E-state index is 0.136. The molecule has 0 saturated carbocycles. The summed E-state index contributed by atoms with van der Waals surface area (Å²) >= 11 is 0. The van der Waals surface area contributed by atoms with Crippen LogP contribution >= 0.6 is 0 Å². The molecule has 0 aliphatic heterocycles. The van der Waals surface area contributed by atoms with Crippen molar-refractivity contribution in [2.75, 3.05) is 5.73 Å². The second-order valence-corrected chi connectivity index (χ2v) is 28.9. The van der Waals surface area contributed by atoms with E-state index in [0.29, 0.717) is 54.6 Å². The van der Waals surface area contributed by atoms with Gasteiger partial charge in [0.05, 0.1) is 20.9 Å². The van der Waals surface area contributed by atoms with Crippen LogP contribution in [0.2, 0.25) is 0 Å². The molecule has 0 amide bonds. The molecule has 0 fully saturated rings. The first-order chi connectivity index (χ1) is 42.0. The van der Waals surface area contributed by atoms with Crippen molar-refractivity contribution in [1.82, 2.24) is 0 Å². The molecule has 0 heterocycles. The molecule has 8 aromatic rings. The molecule has 8 aromatic carbocycles. The largest absolute Gasteiger partial charge is 0.505 e. The first-order valence-corrected chi connectivity index (χ1v) is 34.4. The van der Waals surface area contributed by atoms with Crippen molar-refractivity contribution in [3.63, 3.8) is 0 Å². The van der Waals surface area contributed by atoms with Gasteiger partial charge < -0.3 is 21.1 Å². The average molecular weight is 1440 g/mol. The van der Waals surface area contributed by atoms with Crippen LogP contribution in [0.4, 0.5) is 62.6 Å². The van der Waals surface area contributed by atoms with E-state index in [-0.39, 0.29) is 30.3 Å². The number of hydrogen-bond acceptors (Lipinski definition) is 32. The number of fused-ring (bicyclic) bond motifs is 3. The molecule has 8 rings (SSSR count). The molecule has 50 heteroatoms. The molecular weight excluding hydrogens is 1410 g/mol. The van der Waals surface area contributed by atoms with Crippen LogP contribution in [-0.2, 0) is 80.9 Å². The summed E-state index contributed by atoms with van der Waals surface area (Å²) in [6, 6.07) is 6.08. The number of anilines is 1. The lowest BCUT2D eigenvalue weighted by Gasteiger charge is -2.15. The minimum Gasteiger partial charge on any atom is -0.505 e. The second-order valence-electron chi connectivity index (χ2n) is 17.9. The number of hydrogen-bond donors (Lipinski definition) is 12. The molecule has 13 N–H and O–H groups in total. The lowest BCUT2D eigenvalue weighted by atomic mass is 10.0. The Kier molecular flexibility index (Phi) is 17.2. The number of azo groups is 4. The number of phenols is 3. The van der Waals surface area contributed by atoms with E-state index in [0.717, 1.165) is 0 Å². The Morgan fingerprint density at radius 2 is 0.609 bits per heavy atom. The molecular formula is C42H27N11O31S8. The van der Waals surface area contributed by atoms with Crippen LogP contribution in [-0.4, -0.2) is 129 Å². The van der Waals surface area contributed by atoms with Crippen LogP contribution in [0.5, 0.6) is 17.2 Å². The lowest BCUT2D eigenvalue weighted by Crippen LogP contribution is -2.05. The van der Waals surface area contributed by atoms with Crippen molar-refractivity contribution in [2.24, 2.45) is 40.9 Å². The summed E-state index contributed by atoms with van der Waals surface area (Å²) in [7, 11) is -45.8. The van der Waals surface area contributed by atoms with Crippen LogP contribution in [0.15, 0.2) is 165 Å². The fourth-order valence-corrected chi connectivity index (χ4v) is 13.9. The summed E-state index contributed by atoms with van der Waals surface area (Å²) < 4.78 is 285. The number of nitrogens with two attached hydrogens (primary N) is 1. The van der Waals surface area contributed by atoms with Gasteiger partial charge in [0.25, 0.3) is 92.3 Å². The fraction of sp³-hybridized carbons (Fsp3) is 0. The summed E-state index contributed by atoms with van der Waals surface area (Å²) in [5.41, 5.74) is -6.45. The van der Waals surface area contributed by atoms with E-state index >= 15 is 0 Å². The number of nitro benzene ring substituents is 2. The number of aromatic hydroxyl groups is 3. The van der Waals surface area contributed by atoms with Gasteiger partial charge in [-0.3, -0.25) is 56.7 Å². The number of nitro groups is 2. The second kappa shape index (κ2) is 23.2. The summed E-state index contributed by atoms with van der Waals surface area (Å²) in [5, 5.41) is 78.0. The number of non-ortho nitro benzene ring substituents is 2. The maximum atomic E-state index is 13.1. The van der Waals surface area contributed by atoms with Crippen LogP contribution in [0.25, 0.3) is 32.3 Å². The van der Waals surface area contributed by atoms with Crippen molar-refractivity contribution in [1.29, 1.82) is 0 Å². The van der Waals surface area contributed by atoms with Crippen molar-refractivity contribution < 1.29 is 129 Å². The van der Waals surface area contributed by atoms with E-state index in [1.165, 1.54) is 0 Å². The van der Waals surface area contributed by atoms with Gasteiger partial charge in [-0.05, 0) is 60.7 Å². The Bertz CT molecular complexity index is 5810. The Morgan fingerprint density at radius 3 is 0.935 bits per heavy atom. The predicted molar refractivity (Wildman–Crippen MR) is 303 cm³/mol. The monoisotopic (exact) mass is 1440 g/mol. The van der Waals surface area contributed by atoms with Gasteiger partial charge in [-0.25, -0.2) is 0 Å². The standard InChI is InChI=1S/C42H27N11O31S8/c43-34-26(48-46-24-7-3-17-19(41(24)91(79,80)81)11-30(88(70,71)72)35(38(17)54)49-44-22-5-1-15(52(57)58)9-28(22)86(64,65)66)14-27(85(61,62)63)21-13-32(90(76,77)78)37(40(56)33(21)34)51-47-25-8-4-18-20(42(25)92(82,83)84)12-31(89(73,74)75)36(39(18)55)50-45-23-6-2-16(53(59)60)10-29(23)87(67,68)69/h1-14,54-56H,43H2,(H,61,62,63)(H,64,65,66)(H,67,68,69)(H,70,71,72)(H,73,74,75)(H,76,77,78)(H,79,80,81)(H,82,83,84)/b48-46?,49-44?,50-45-,51-47?. The van der Waals surface area contributed by atoms with Crippen LogP contribution < -0.4 is 5.73 Å². The number of phenolic OH excluding ortho intramolecular Hbond substituents is 3. The highest BCUT2D eigenvalue weighted by molar-refractivity contribution is 7.88. The Labute approximate surface area is 510 Å². The molecule has 0 saturated heterocycles. The SMILES string of the molecule is Nc1c(N=Nc2ccc3c(O)c(N=Nc4ccc([N+](=O)[O-])cc4S(=O)(=O)O)c(S(=O)(=O)O)cc3c2S(=O)(=O)O)cc(S(=O)(=O)O)c2cc(S(=O)(=O)O)c(N=Nc3ccc4c(O)c(/N=N\c5ccc([N+](=O)[O-])cc5S(=O)(=O)O)c(S(=O)(=O)O)cc4c3S(=O)(=O)O)c(O)c12. The predicted octanol–water partition coefficient (Wildman–Crippen LogP) is 7.30. The maximum Gasteiger partial charge on any atom is 0.297 e. The van der Waals surface area contributed by atoms with E-state index in [1.54, 1.807) is 0 Å². The normalized spacial score (nSPS) is 13.4. The topological polar surface area (TPSA) is 707 Å². The van der Waals surface area contributed by atoms with Gasteiger partial charge in [-0.2, -0.15) is 67.3 Å². The highest BCUT2D eigenvalue weighted by Crippen LogP contribution is 2.52. The van der Waals surface area contributed by atoms with E-state index in [1.807, 2.05) is 0 Å². The van der Waals surface area contributed by atoms with Crippen LogP contribution in [0.3, 0.4) is 0 Å². The zero-order valence-electron chi connectivity index (χ0n) is 43.5. The highest BCUT2D eigenvalue weighted by Gasteiger charge is 2.33. The number of benzene rings is 8. The smallest absolute Gasteiger partial charge is 0.297 e. The molecule has 0 aromatic heterocycles. The minimum atomic E-state index is -5.91. The van der Waals surface area contributed by atoms with E-state index in [2.05, 4.69) is 40.9 Å². The van der Waals surface area contributed by atoms with Gasteiger partial charge in [-0.1, -0.05) is 0 Å². The summed E-state index contributed by atoms with van der Waals surface area (Å²) in [6.45, 7) is 0. The zero-order valence-corrected chi connectivity index (χ0v) is 50.0. The molecule has 0 unspecified atom stereocenters. The van der Waals surface area contributed by atoms with Gasteiger partial charge >= 0.3 is 0 Å². The van der Waals surface area contributed by atoms with Crippen LogP contribution in [0, 0.1) is 20.2 Å². The third-order valence-electron chi connectivity index (χ3n) is 12.2. The lowest BCUT2D eigenvalue weighted by molar-refractivity contribution is -0.385. The Balaban J connectivity index is 1.32. The molecule has 0 spiro atoms. The van der Waals surface area contributed by atoms with Crippen molar-refractivity contribution in [3.05, 3.63) is 105 Å². The summed E-state index contributed by atoms with van der Waals surface area (Å²) in [5.74, 6) is -4.67. The quantitative estimate of drug-likeness (QED) is 0.0132. The van der Waals surface area contributed by atoms with Crippen molar-refractivity contribution >= 4 is 176 Å². The van der Waals surface area contributed by atoms with Crippen molar-refractivity contribution in [2.45, 2.75) is 39.2 Å². The third kappa shape index (κ3) is 13.3. The van der Waals surface area contributed by atoms with E-state index in [4.69, 9.17) is 5.73 Å². The molecule has 42 nitrogen and oxygen atoms in total. The van der Waals surface area contributed by atoms with Crippen LogP contribution in [0.1, 0.15) is 0 Å². The number of rotatable bonds is 18. The first kappa shape index (κ1) is 68.1. The molecule has 92 heavy (non-hydrogen) atoms. The first-order valence-electron chi connectivity index (χ1n) is 22.8. The van der Waals surface area contributed by atoms with E-state index < -0.39 is 242 Å².